The zero-order chi connectivity index (χ0) is 16.5. The lowest BCUT2D eigenvalue weighted by atomic mass is 9.90. The van der Waals surface area contributed by atoms with Crippen LogP contribution in [-0.4, -0.2) is 49.1 Å². The van der Waals surface area contributed by atoms with E-state index in [1.807, 2.05) is 0 Å². The Kier molecular flexibility index (Phi) is 4.49. The van der Waals surface area contributed by atoms with E-state index in [1.165, 1.54) is 29.2 Å². The summed E-state index contributed by atoms with van der Waals surface area (Å²) in [5, 5.41) is 9.54. The monoisotopic (exact) mass is 345 g/mol. The predicted molar refractivity (Wildman–Crippen MR) is 80.4 cm³/mol. The summed E-state index contributed by atoms with van der Waals surface area (Å²) < 4.78 is 24.4. The van der Waals surface area contributed by atoms with Crippen LogP contribution in [0.5, 0.6) is 0 Å². The van der Waals surface area contributed by atoms with Crippen molar-refractivity contribution in [2.45, 2.75) is 18.2 Å². The van der Waals surface area contributed by atoms with Gasteiger partial charge in [-0.15, -0.1) is 0 Å². The summed E-state index contributed by atoms with van der Waals surface area (Å²) >= 11 is 5.71. The molecule has 22 heavy (non-hydrogen) atoms. The topological polar surface area (TPSA) is 91.8 Å². The molecule has 0 saturated carbocycles. The second-order valence-electron chi connectivity index (χ2n) is 5.64. The molecule has 1 saturated heterocycles. The number of aliphatic carboxylic acids is 1. The molecule has 1 amide bonds. The zero-order valence-corrected chi connectivity index (χ0v) is 13.5. The molecule has 0 spiro atoms. The van der Waals surface area contributed by atoms with Gasteiger partial charge in [0.2, 0.25) is 5.91 Å². The predicted octanol–water partition coefficient (Wildman–Crippen LogP) is 1.44. The molecule has 0 aliphatic carbocycles. The number of rotatable bonds is 4. The molecule has 120 valence electrons. The number of carboxylic acid groups (broad SMARTS) is 1. The minimum absolute atomic E-state index is 0.0189. The van der Waals surface area contributed by atoms with Crippen LogP contribution in [-0.2, 0) is 19.4 Å². The molecule has 0 bridgehead atoms. The molecule has 1 aromatic rings. The Hall–Kier alpha value is -1.60. The molecule has 8 heteroatoms. The van der Waals surface area contributed by atoms with Crippen LogP contribution in [0.15, 0.2) is 29.2 Å². The minimum Gasteiger partial charge on any atom is -0.481 e. The molecule has 1 aliphatic rings. The quantitative estimate of drug-likeness (QED) is 0.891. The molecular formula is C14H16ClNO5S. The van der Waals surface area contributed by atoms with Crippen molar-refractivity contribution < 1.29 is 23.1 Å². The average Bonchev–Trinajstić information content (AvgIpc) is 2.83. The number of benzene rings is 1. The molecule has 1 heterocycles. The van der Waals surface area contributed by atoms with Crippen molar-refractivity contribution in [1.82, 2.24) is 4.90 Å². The number of nitrogens with zero attached hydrogens (tertiary/aromatic N) is 1. The Morgan fingerprint density at radius 3 is 2.41 bits per heavy atom. The Bertz CT molecular complexity index is 700. The van der Waals surface area contributed by atoms with Gasteiger partial charge in [0.15, 0.2) is 9.84 Å². The van der Waals surface area contributed by atoms with Crippen LogP contribution in [0.1, 0.15) is 13.3 Å². The van der Waals surface area contributed by atoms with E-state index in [0.717, 1.165) is 0 Å². The SMILES string of the molecule is C[C@]1(C(=O)O)CCN(C(=O)CS(=O)(=O)c2ccc(Cl)cc2)C1. The summed E-state index contributed by atoms with van der Waals surface area (Å²) in [6.45, 7) is 1.82. The molecular weight excluding hydrogens is 330 g/mol. The highest BCUT2D eigenvalue weighted by atomic mass is 35.5. The average molecular weight is 346 g/mol. The maximum atomic E-state index is 12.2. The third-order valence-corrected chi connectivity index (χ3v) is 5.70. The molecule has 0 unspecified atom stereocenters. The number of carbonyl (C=O) groups is 2. The molecule has 1 fully saturated rings. The number of likely N-dealkylation sites (tertiary alicyclic amines) is 1. The standard InChI is InChI=1S/C14H16ClNO5S/c1-14(13(18)19)6-7-16(9-14)12(17)8-22(20,21)11-4-2-10(15)3-5-11/h2-5H,6-9H2,1H3,(H,18,19)/t14-/m0/s1. The van der Waals surface area contributed by atoms with Gasteiger partial charge in [-0.05, 0) is 37.6 Å². The second kappa shape index (κ2) is 5.89. The highest BCUT2D eigenvalue weighted by Crippen LogP contribution is 2.30. The summed E-state index contributed by atoms with van der Waals surface area (Å²) in [6.07, 6.45) is 0.315. The number of sulfone groups is 1. The van der Waals surface area contributed by atoms with Crippen molar-refractivity contribution in [3.63, 3.8) is 0 Å². The summed E-state index contributed by atoms with van der Waals surface area (Å²) in [6, 6.07) is 5.57. The lowest BCUT2D eigenvalue weighted by Gasteiger charge is -2.20. The number of hydrogen-bond acceptors (Lipinski definition) is 4. The Morgan fingerprint density at radius 1 is 1.32 bits per heavy atom. The Balaban J connectivity index is 2.09. The molecule has 1 atom stereocenters. The third-order valence-electron chi connectivity index (χ3n) is 3.83. The zero-order valence-electron chi connectivity index (χ0n) is 12.0. The summed E-state index contributed by atoms with van der Waals surface area (Å²) in [5.74, 6) is -2.24. The fourth-order valence-electron chi connectivity index (χ4n) is 2.33. The van der Waals surface area contributed by atoms with Crippen LogP contribution < -0.4 is 0 Å². The maximum absolute atomic E-state index is 12.2. The van der Waals surface area contributed by atoms with Crippen molar-refractivity contribution >= 4 is 33.3 Å². The number of amides is 1. The lowest BCUT2D eigenvalue weighted by molar-refractivity contribution is -0.147. The van der Waals surface area contributed by atoms with Crippen molar-refractivity contribution in [2.24, 2.45) is 5.41 Å². The fraction of sp³-hybridized carbons (Fsp3) is 0.429. The highest BCUT2D eigenvalue weighted by molar-refractivity contribution is 7.92. The van der Waals surface area contributed by atoms with E-state index in [4.69, 9.17) is 16.7 Å². The van der Waals surface area contributed by atoms with Gasteiger partial charge in [0, 0.05) is 18.1 Å². The second-order valence-corrected chi connectivity index (χ2v) is 8.07. The Labute approximate surface area is 133 Å². The van der Waals surface area contributed by atoms with Crippen molar-refractivity contribution in [1.29, 1.82) is 0 Å². The highest BCUT2D eigenvalue weighted by Gasteiger charge is 2.42. The first-order valence-electron chi connectivity index (χ1n) is 6.64. The van der Waals surface area contributed by atoms with Crippen LogP contribution in [0.4, 0.5) is 0 Å². The first-order valence-corrected chi connectivity index (χ1v) is 8.67. The molecule has 1 N–H and O–H groups in total. The molecule has 1 aliphatic heterocycles. The van der Waals surface area contributed by atoms with E-state index in [-0.39, 0.29) is 18.0 Å². The Morgan fingerprint density at radius 2 is 1.91 bits per heavy atom. The molecule has 1 aromatic carbocycles. The van der Waals surface area contributed by atoms with Gasteiger partial charge in [-0.2, -0.15) is 0 Å². The lowest BCUT2D eigenvalue weighted by Crippen LogP contribution is -2.37. The van der Waals surface area contributed by atoms with Crippen molar-refractivity contribution in [3.05, 3.63) is 29.3 Å². The molecule has 0 aromatic heterocycles. The van der Waals surface area contributed by atoms with Gasteiger partial charge in [0.1, 0.15) is 5.75 Å². The van der Waals surface area contributed by atoms with Crippen molar-refractivity contribution in [3.8, 4) is 0 Å². The van der Waals surface area contributed by atoms with Gasteiger partial charge >= 0.3 is 5.97 Å². The number of carboxylic acids is 1. The number of halogens is 1. The smallest absolute Gasteiger partial charge is 0.311 e. The van der Waals surface area contributed by atoms with Gasteiger partial charge in [-0.3, -0.25) is 9.59 Å². The van der Waals surface area contributed by atoms with E-state index in [9.17, 15) is 18.0 Å². The van der Waals surface area contributed by atoms with Gasteiger partial charge < -0.3 is 10.0 Å². The van der Waals surface area contributed by atoms with Crippen LogP contribution >= 0.6 is 11.6 Å². The summed E-state index contributed by atoms with van der Waals surface area (Å²) in [5.41, 5.74) is -1.01. The van der Waals surface area contributed by atoms with Crippen LogP contribution in [0, 0.1) is 5.41 Å². The third kappa shape index (κ3) is 3.41. The minimum atomic E-state index is -3.77. The van der Waals surface area contributed by atoms with E-state index in [1.54, 1.807) is 6.92 Å². The van der Waals surface area contributed by atoms with Gasteiger partial charge in [-0.25, -0.2) is 8.42 Å². The molecule has 2 rings (SSSR count). The van der Waals surface area contributed by atoms with Gasteiger partial charge in [-0.1, -0.05) is 11.6 Å². The number of carbonyl (C=O) groups excluding carboxylic acids is 1. The van der Waals surface area contributed by atoms with Crippen LogP contribution in [0.25, 0.3) is 0 Å². The van der Waals surface area contributed by atoms with E-state index in [0.29, 0.717) is 11.4 Å². The number of hydrogen-bond donors (Lipinski definition) is 1. The van der Waals surface area contributed by atoms with Crippen LogP contribution in [0.3, 0.4) is 0 Å². The first kappa shape index (κ1) is 16.8. The van der Waals surface area contributed by atoms with Gasteiger partial charge in [0.05, 0.1) is 10.3 Å². The van der Waals surface area contributed by atoms with E-state index < -0.39 is 32.9 Å². The normalized spacial score (nSPS) is 21.8. The molecule has 6 nitrogen and oxygen atoms in total. The molecule has 0 radical (unpaired) electrons. The first-order chi connectivity index (χ1) is 10.1. The summed E-state index contributed by atoms with van der Waals surface area (Å²) in [4.78, 5) is 24.6. The largest absolute Gasteiger partial charge is 0.481 e. The van der Waals surface area contributed by atoms with E-state index >= 15 is 0 Å². The van der Waals surface area contributed by atoms with Gasteiger partial charge in [0.25, 0.3) is 0 Å². The van der Waals surface area contributed by atoms with E-state index in [2.05, 4.69) is 0 Å². The fourth-order valence-corrected chi connectivity index (χ4v) is 3.68. The summed E-state index contributed by atoms with van der Waals surface area (Å²) in [7, 11) is -3.77. The van der Waals surface area contributed by atoms with Crippen LogP contribution in [0.2, 0.25) is 5.02 Å². The maximum Gasteiger partial charge on any atom is 0.311 e. The van der Waals surface area contributed by atoms with Crippen molar-refractivity contribution in [2.75, 3.05) is 18.8 Å².